The lowest BCUT2D eigenvalue weighted by molar-refractivity contribution is 0.207. The molecule has 0 atom stereocenters. The number of rotatable bonds is 6. The molecule has 150 valence electrons. The Hall–Kier alpha value is -1.11. The number of aromatic nitrogens is 3. The summed E-state index contributed by atoms with van der Waals surface area (Å²) >= 11 is 6.21. The third kappa shape index (κ3) is 4.03. The van der Waals surface area contributed by atoms with Crippen LogP contribution in [0.4, 0.5) is 5.82 Å². The van der Waals surface area contributed by atoms with Gasteiger partial charge < -0.3 is 9.33 Å². The lowest BCUT2D eigenvalue weighted by Gasteiger charge is -2.37. The van der Waals surface area contributed by atoms with E-state index in [2.05, 4.69) is 62.3 Å². The van der Waals surface area contributed by atoms with Crippen LogP contribution in [0.1, 0.15) is 47.5 Å². The third-order valence-electron chi connectivity index (χ3n) is 6.22. The first-order chi connectivity index (χ1) is 12.4. The second-order valence-electron chi connectivity index (χ2n) is 9.77. The molecule has 0 aliphatic carbocycles. The Morgan fingerprint density at radius 3 is 2.41 bits per heavy atom. The molecule has 2 aromatic rings. The van der Waals surface area contributed by atoms with E-state index in [1.807, 2.05) is 12.3 Å². The molecule has 0 radical (unpaired) electrons. The highest BCUT2D eigenvalue weighted by Gasteiger charge is 2.37. The first kappa shape index (κ1) is 20.6. The van der Waals surface area contributed by atoms with E-state index in [9.17, 15) is 0 Å². The SMILES string of the molecule is CC(C)(CCO[Si](C)(C)C(C)(C)C)n1nc(N2CCC2)c2cnc(Cl)cc21. The van der Waals surface area contributed by atoms with Crippen LogP contribution in [0.25, 0.3) is 10.9 Å². The van der Waals surface area contributed by atoms with Crippen molar-refractivity contribution in [3.63, 3.8) is 0 Å². The van der Waals surface area contributed by atoms with Gasteiger partial charge in [0.2, 0.25) is 0 Å². The molecular weight excluding hydrogens is 376 g/mol. The van der Waals surface area contributed by atoms with Gasteiger partial charge in [-0.05, 0) is 44.8 Å². The molecule has 1 aliphatic rings. The van der Waals surface area contributed by atoms with Crippen molar-refractivity contribution < 1.29 is 4.43 Å². The second kappa shape index (κ2) is 7.05. The van der Waals surface area contributed by atoms with Gasteiger partial charge in [-0.3, -0.25) is 4.68 Å². The fourth-order valence-corrected chi connectivity index (χ4v) is 4.27. The van der Waals surface area contributed by atoms with E-state index >= 15 is 0 Å². The average Bonchev–Trinajstić information content (AvgIpc) is 2.83. The summed E-state index contributed by atoms with van der Waals surface area (Å²) in [5, 5.41) is 6.80. The summed E-state index contributed by atoms with van der Waals surface area (Å²) in [5.41, 5.74) is 0.878. The number of nitrogens with zero attached hydrogens (tertiary/aromatic N) is 4. The molecule has 0 amide bonds. The van der Waals surface area contributed by atoms with Crippen LogP contribution in [0.5, 0.6) is 0 Å². The Labute approximate surface area is 169 Å². The molecule has 1 aliphatic heterocycles. The highest BCUT2D eigenvalue weighted by Crippen LogP contribution is 2.38. The summed E-state index contributed by atoms with van der Waals surface area (Å²) in [6, 6.07) is 1.93. The number of anilines is 1. The minimum Gasteiger partial charge on any atom is -0.417 e. The maximum Gasteiger partial charge on any atom is 0.191 e. The van der Waals surface area contributed by atoms with Gasteiger partial charge in [0.25, 0.3) is 0 Å². The molecule has 27 heavy (non-hydrogen) atoms. The van der Waals surface area contributed by atoms with Crippen LogP contribution in [0.2, 0.25) is 23.3 Å². The molecule has 0 N–H and O–H groups in total. The Morgan fingerprint density at radius 2 is 1.85 bits per heavy atom. The van der Waals surface area contributed by atoms with Crippen LogP contribution < -0.4 is 4.90 Å². The van der Waals surface area contributed by atoms with Gasteiger partial charge in [0.05, 0.1) is 16.4 Å². The monoisotopic (exact) mass is 408 g/mol. The van der Waals surface area contributed by atoms with E-state index < -0.39 is 8.32 Å². The molecule has 1 fully saturated rings. The molecular formula is C20H33ClN4OSi. The third-order valence-corrected chi connectivity index (χ3v) is 11.0. The fraction of sp³-hybridized carbons (Fsp3) is 0.700. The quantitative estimate of drug-likeness (QED) is 0.471. The van der Waals surface area contributed by atoms with Gasteiger partial charge in [0, 0.05) is 32.0 Å². The zero-order chi connectivity index (χ0) is 20.0. The predicted molar refractivity (Wildman–Crippen MR) is 116 cm³/mol. The fourth-order valence-electron chi connectivity index (χ4n) is 3.07. The molecule has 0 unspecified atom stereocenters. The van der Waals surface area contributed by atoms with E-state index in [0.29, 0.717) is 5.15 Å². The van der Waals surface area contributed by atoms with Crippen molar-refractivity contribution in [1.82, 2.24) is 14.8 Å². The van der Waals surface area contributed by atoms with Crippen LogP contribution in [0.3, 0.4) is 0 Å². The van der Waals surface area contributed by atoms with Crippen molar-refractivity contribution in [3.05, 3.63) is 17.4 Å². The van der Waals surface area contributed by atoms with Crippen LogP contribution in [-0.2, 0) is 9.96 Å². The van der Waals surface area contributed by atoms with E-state index in [4.69, 9.17) is 21.1 Å². The Bertz CT molecular complexity index is 821. The van der Waals surface area contributed by atoms with Crippen molar-refractivity contribution in [1.29, 1.82) is 0 Å². The molecule has 0 saturated carbocycles. The van der Waals surface area contributed by atoms with Crippen LogP contribution in [-0.4, -0.2) is 42.8 Å². The van der Waals surface area contributed by atoms with E-state index in [1.165, 1.54) is 6.42 Å². The first-order valence-electron chi connectivity index (χ1n) is 9.86. The summed E-state index contributed by atoms with van der Waals surface area (Å²) in [4.78, 5) is 6.61. The van der Waals surface area contributed by atoms with Crippen molar-refractivity contribution in [2.75, 3.05) is 24.6 Å². The van der Waals surface area contributed by atoms with Gasteiger partial charge in [-0.15, -0.1) is 0 Å². The molecule has 0 spiro atoms. The highest BCUT2D eigenvalue weighted by atomic mass is 35.5. The van der Waals surface area contributed by atoms with E-state index in [1.54, 1.807) is 0 Å². The lowest BCUT2D eigenvalue weighted by Crippen LogP contribution is -2.42. The predicted octanol–water partition coefficient (Wildman–Crippen LogP) is 5.44. The van der Waals surface area contributed by atoms with E-state index in [0.717, 1.165) is 42.8 Å². The standard InChI is InChI=1S/C20H33ClN4OSi/c1-19(2,3)27(6,7)26-12-9-20(4,5)25-16-13-17(21)22-14-15(16)18(23-25)24-10-8-11-24/h13-14H,8-12H2,1-7H3. The Balaban J connectivity index is 1.85. The lowest BCUT2D eigenvalue weighted by atomic mass is 10.0. The smallest absolute Gasteiger partial charge is 0.191 e. The van der Waals surface area contributed by atoms with Crippen molar-refractivity contribution in [2.24, 2.45) is 0 Å². The minimum atomic E-state index is -1.75. The minimum absolute atomic E-state index is 0.172. The second-order valence-corrected chi connectivity index (χ2v) is 15.0. The van der Waals surface area contributed by atoms with Crippen molar-refractivity contribution in [2.45, 2.75) is 71.1 Å². The summed E-state index contributed by atoms with van der Waals surface area (Å²) < 4.78 is 8.55. The molecule has 1 saturated heterocycles. The molecule has 7 heteroatoms. The topological polar surface area (TPSA) is 43.2 Å². The largest absolute Gasteiger partial charge is 0.417 e. The molecule has 5 nitrogen and oxygen atoms in total. The van der Waals surface area contributed by atoms with E-state index in [-0.39, 0.29) is 10.6 Å². The van der Waals surface area contributed by atoms with Crippen molar-refractivity contribution in [3.8, 4) is 0 Å². The van der Waals surface area contributed by atoms with Crippen LogP contribution in [0.15, 0.2) is 12.3 Å². The number of halogens is 1. The van der Waals surface area contributed by atoms with Gasteiger partial charge in [0.1, 0.15) is 5.15 Å². The van der Waals surface area contributed by atoms with Gasteiger partial charge in [-0.1, -0.05) is 32.4 Å². The van der Waals surface area contributed by atoms with Gasteiger partial charge in [-0.25, -0.2) is 4.98 Å². The normalized spacial score (nSPS) is 16.1. The zero-order valence-electron chi connectivity index (χ0n) is 17.8. The molecule has 3 rings (SSSR count). The Morgan fingerprint density at radius 1 is 1.19 bits per heavy atom. The molecule has 2 aromatic heterocycles. The summed E-state index contributed by atoms with van der Waals surface area (Å²) in [5.74, 6) is 1.03. The summed E-state index contributed by atoms with van der Waals surface area (Å²) in [6.07, 6.45) is 3.98. The number of hydrogen-bond donors (Lipinski definition) is 0. The van der Waals surface area contributed by atoms with Crippen molar-refractivity contribution >= 4 is 36.6 Å². The summed E-state index contributed by atoms with van der Waals surface area (Å²) in [6.45, 7) is 18.7. The number of pyridine rings is 1. The summed E-state index contributed by atoms with van der Waals surface area (Å²) in [7, 11) is -1.75. The first-order valence-corrected chi connectivity index (χ1v) is 13.1. The van der Waals surface area contributed by atoms with Gasteiger partial charge >= 0.3 is 0 Å². The van der Waals surface area contributed by atoms with Crippen LogP contribution in [0, 0.1) is 0 Å². The Kier molecular flexibility index (Phi) is 5.38. The maximum absolute atomic E-state index is 6.42. The zero-order valence-corrected chi connectivity index (χ0v) is 19.5. The molecule has 0 bridgehead atoms. The average molecular weight is 409 g/mol. The number of fused-ring (bicyclic) bond motifs is 1. The highest BCUT2D eigenvalue weighted by molar-refractivity contribution is 6.74. The number of hydrogen-bond acceptors (Lipinski definition) is 4. The van der Waals surface area contributed by atoms with Gasteiger partial charge in [0.15, 0.2) is 14.1 Å². The molecule has 3 heterocycles. The van der Waals surface area contributed by atoms with Crippen LogP contribution >= 0.6 is 11.6 Å². The maximum atomic E-state index is 6.42. The molecule has 0 aromatic carbocycles. The van der Waals surface area contributed by atoms with Gasteiger partial charge in [-0.2, -0.15) is 5.10 Å².